The number of hydrogen-bond donors (Lipinski definition) is 0. The van der Waals surface area contributed by atoms with E-state index < -0.39 is 28.4 Å². The third-order valence-corrected chi connectivity index (χ3v) is 5.78. The number of hydrogen-bond acceptors (Lipinski definition) is 5. The van der Waals surface area contributed by atoms with E-state index in [1.807, 2.05) is 6.07 Å². The van der Waals surface area contributed by atoms with Crippen LogP contribution < -0.4 is 5.56 Å². The average molecular weight is 434 g/mol. The first-order valence-electron chi connectivity index (χ1n) is 7.60. The molecule has 0 bridgehead atoms. The Labute approximate surface area is 163 Å². The Morgan fingerprint density at radius 2 is 2.11 bits per heavy atom. The molecule has 2 atom stereocenters. The van der Waals surface area contributed by atoms with Gasteiger partial charge >= 0.3 is 6.18 Å². The first-order chi connectivity index (χ1) is 12.7. The second-order valence-corrected chi connectivity index (χ2v) is 7.80. The van der Waals surface area contributed by atoms with Crippen molar-refractivity contribution in [3.63, 3.8) is 0 Å². The first-order valence-corrected chi connectivity index (χ1v) is 9.17. The summed E-state index contributed by atoms with van der Waals surface area (Å²) in [4.78, 5) is 15.8. The SMILES string of the molecule is N#C[C@@H]1C[C@@H]1c1c(C(F)(F)F)sc2nc(Cn3nc(Cl)cc3Cl)cc(=O)n12. The van der Waals surface area contributed by atoms with E-state index >= 15 is 0 Å². The summed E-state index contributed by atoms with van der Waals surface area (Å²) in [6, 6.07) is 4.49. The van der Waals surface area contributed by atoms with Crippen LogP contribution in [0.5, 0.6) is 0 Å². The Hall–Kier alpha value is -2.09. The van der Waals surface area contributed by atoms with Crippen LogP contribution in [0.2, 0.25) is 10.3 Å². The zero-order valence-electron chi connectivity index (χ0n) is 13.2. The van der Waals surface area contributed by atoms with Crippen LogP contribution in [0.1, 0.15) is 28.6 Å². The molecule has 140 valence electrons. The molecule has 0 radical (unpaired) electrons. The molecule has 6 nitrogen and oxygen atoms in total. The van der Waals surface area contributed by atoms with Gasteiger partial charge in [-0.2, -0.15) is 23.5 Å². The predicted molar refractivity (Wildman–Crippen MR) is 92.2 cm³/mol. The van der Waals surface area contributed by atoms with Gasteiger partial charge in [0.05, 0.1) is 29.9 Å². The highest BCUT2D eigenvalue weighted by Gasteiger charge is 2.48. The van der Waals surface area contributed by atoms with Gasteiger partial charge in [-0.15, -0.1) is 0 Å². The monoisotopic (exact) mass is 433 g/mol. The summed E-state index contributed by atoms with van der Waals surface area (Å²) in [6.45, 7) is -0.0177. The van der Waals surface area contributed by atoms with E-state index in [0.717, 1.165) is 10.5 Å². The molecule has 1 aliphatic carbocycles. The smallest absolute Gasteiger partial charge is 0.269 e. The fourth-order valence-electron chi connectivity index (χ4n) is 2.93. The summed E-state index contributed by atoms with van der Waals surface area (Å²) >= 11 is 12.1. The summed E-state index contributed by atoms with van der Waals surface area (Å²) in [5, 5.41) is 13.3. The van der Waals surface area contributed by atoms with E-state index in [9.17, 15) is 18.0 Å². The fourth-order valence-corrected chi connectivity index (χ4v) is 4.47. The molecule has 1 aliphatic rings. The number of fused-ring (bicyclic) bond motifs is 1. The maximum atomic E-state index is 13.5. The van der Waals surface area contributed by atoms with Gasteiger partial charge in [-0.25, -0.2) is 9.67 Å². The van der Waals surface area contributed by atoms with Gasteiger partial charge in [0, 0.05) is 18.1 Å². The maximum Gasteiger partial charge on any atom is 0.427 e. The second-order valence-electron chi connectivity index (χ2n) is 6.04. The topological polar surface area (TPSA) is 76.0 Å². The van der Waals surface area contributed by atoms with Crippen LogP contribution in [0.3, 0.4) is 0 Å². The van der Waals surface area contributed by atoms with Crippen LogP contribution in [-0.2, 0) is 12.7 Å². The van der Waals surface area contributed by atoms with Crippen LogP contribution in [0.15, 0.2) is 16.9 Å². The van der Waals surface area contributed by atoms with Crippen molar-refractivity contribution in [2.75, 3.05) is 0 Å². The van der Waals surface area contributed by atoms with Gasteiger partial charge < -0.3 is 0 Å². The molecule has 3 heterocycles. The van der Waals surface area contributed by atoms with Gasteiger partial charge in [0.2, 0.25) is 0 Å². The standard InChI is InChI=1S/C15H8Cl2F3N5OS/c16-9-3-10(17)24(23-9)5-7-2-11(26)25-12(8-1-6(8)4-21)13(15(18,19)20)27-14(25)22-7/h2-3,6,8H,1,5H2/t6-,8-/m0/s1. The zero-order chi connectivity index (χ0) is 19.5. The van der Waals surface area contributed by atoms with Crippen molar-refractivity contribution in [3.05, 3.63) is 49.1 Å². The molecule has 27 heavy (non-hydrogen) atoms. The molecule has 4 rings (SSSR count). The molecule has 3 aromatic heterocycles. The van der Waals surface area contributed by atoms with Gasteiger partial charge in [-0.05, 0) is 6.42 Å². The van der Waals surface area contributed by atoms with Crippen molar-refractivity contribution in [1.29, 1.82) is 5.26 Å². The molecule has 0 N–H and O–H groups in total. The molecule has 0 spiro atoms. The quantitative estimate of drug-likeness (QED) is 0.626. The number of thiazole rings is 1. The minimum absolute atomic E-state index is 0.0177. The molecule has 0 aliphatic heterocycles. The summed E-state index contributed by atoms with van der Waals surface area (Å²) < 4.78 is 42.7. The molecule has 1 fully saturated rings. The van der Waals surface area contributed by atoms with E-state index in [4.69, 9.17) is 28.5 Å². The number of aromatic nitrogens is 4. The highest BCUT2D eigenvalue weighted by atomic mass is 35.5. The lowest BCUT2D eigenvalue weighted by molar-refractivity contribution is -0.135. The maximum absolute atomic E-state index is 13.5. The predicted octanol–water partition coefficient (Wildman–Crippen LogP) is 3.95. The summed E-state index contributed by atoms with van der Waals surface area (Å²) in [5.41, 5.74) is -0.621. The molecular weight excluding hydrogens is 426 g/mol. The van der Waals surface area contributed by atoms with E-state index in [1.54, 1.807) is 0 Å². The number of nitrogens with zero attached hydrogens (tertiary/aromatic N) is 5. The summed E-state index contributed by atoms with van der Waals surface area (Å²) in [7, 11) is 0. The first kappa shape index (κ1) is 18.3. The number of rotatable bonds is 3. The Morgan fingerprint density at radius 3 is 2.67 bits per heavy atom. The minimum atomic E-state index is -4.64. The van der Waals surface area contributed by atoms with Crippen LogP contribution in [0, 0.1) is 17.2 Å². The van der Waals surface area contributed by atoms with Crippen LogP contribution in [-0.4, -0.2) is 19.2 Å². The third kappa shape index (κ3) is 3.20. The normalized spacial score (nSPS) is 19.4. The minimum Gasteiger partial charge on any atom is -0.269 e. The Morgan fingerprint density at radius 1 is 1.37 bits per heavy atom. The average Bonchev–Trinajstić information content (AvgIpc) is 3.13. The Bertz CT molecular complexity index is 1160. The largest absolute Gasteiger partial charge is 0.427 e. The van der Waals surface area contributed by atoms with Gasteiger partial charge in [0.15, 0.2) is 10.1 Å². The molecular formula is C15H8Cl2F3N5OS. The third-order valence-electron chi connectivity index (χ3n) is 4.19. The van der Waals surface area contributed by atoms with Crippen molar-refractivity contribution < 1.29 is 13.2 Å². The highest BCUT2D eigenvalue weighted by Crippen LogP contribution is 2.52. The van der Waals surface area contributed by atoms with Crippen molar-refractivity contribution in [2.45, 2.75) is 25.1 Å². The molecule has 0 aromatic carbocycles. The van der Waals surface area contributed by atoms with Crippen molar-refractivity contribution >= 4 is 39.5 Å². The van der Waals surface area contributed by atoms with Crippen molar-refractivity contribution in [2.24, 2.45) is 5.92 Å². The van der Waals surface area contributed by atoms with Gasteiger partial charge in [-0.1, -0.05) is 34.5 Å². The molecule has 0 unspecified atom stereocenters. The van der Waals surface area contributed by atoms with Crippen LogP contribution in [0.25, 0.3) is 4.96 Å². The molecule has 1 saturated carbocycles. The lowest BCUT2D eigenvalue weighted by atomic mass is 10.2. The second kappa shape index (κ2) is 6.22. The fraction of sp³-hybridized carbons (Fsp3) is 0.333. The molecule has 3 aromatic rings. The van der Waals surface area contributed by atoms with E-state index in [0.29, 0.717) is 17.8 Å². The van der Waals surface area contributed by atoms with E-state index in [1.165, 1.54) is 10.7 Å². The lowest BCUT2D eigenvalue weighted by Crippen LogP contribution is -2.19. The van der Waals surface area contributed by atoms with Crippen molar-refractivity contribution in [1.82, 2.24) is 19.2 Å². The Kier molecular flexibility index (Phi) is 4.21. The van der Waals surface area contributed by atoms with E-state index in [2.05, 4.69) is 10.1 Å². The summed E-state index contributed by atoms with van der Waals surface area (Å²) in [5.74, 6) is -1.15. The molecule has 12 heteroatoms. The number of halogens is 5. The van der Waals surface area contributed by atoms with Crippen molar-refractivity contribution in [3.8, 4) is 6.07 Å². The highest BCUT2D eigenvalue weighted by molar-refractivity contribution is 7.17. The Balaban J connectivity index is 1.85. The van der Waals surface area contributed by atoms with Gasteiger partial charge in [0.25, 0.3) is 5.56 Å². The zero-order valence-corrected chi connectivity index (χ0v) is 15.5. The van der Waals surface area contributed by atoms with Crippen LogP contribution in [0.4, 0.5) is 13.2 Å². The van der Waals surface area contributed by atoms with E-state index in [-0.39, 0.29) is 33.2 Å². The lowest BCUT2D eigenvalue weighted by Gasteiger charge is -2.07. The van der Waals surface area contributed by atoms with Gasteiger partial charge in [-0.3, -0.25) is 9.20 Å². The molecule has 0 saturated heterocycles. The molecule has 0 amide bonds. The number of nitriles is 1. The van der Waals surface area contributed by atoms with Gasteiger partial charge in [0.1, 0.15) is 10.0 Å². The summed E-state index contributed by atoms with van der Waals surface area (Å²) in [6.07, 6.45) is -4.34. The van der Waals surface area contributed by atoms with Crippen LogP contribution >= 0.6 is 34.5 Å². The number of alkyl halides is 3.